The van der Waals surface area contributed by atoms with Gasteiger partial charge >= 0.3 is 6.18 Å². The summed E-state index contributed by atoms with van der Waals surface area (Å²) in [5.41, 5.74) is 0.418. The molecule has 1 aliphatic rings. The number of hydrogen-bond acceptors (Lipinski definition) is 3. The van der Waals surface area contributed by atoms with Gasteiger partial charge in [-0.3, -0.25) is 0 Å². The minimum Gasteiger partial charge on any atom is -0.303 e. The van der Waals surface area contributed by atoms with Crippen LogP contribution in [0.15, 0.2) is 29.2 Å². The smallest absolute Gasteiger partial charge is 0.303 e. The Bertz CT molecular complexity index is 736. The molecule has 1 atom stereocenters. The number of hydrogen-bond donors (Lipinski definition) is 0. The second kappa shape index (κ2) is 9.16. The van der Waals surface area contributed by atoms with Crippen molar-refractivity contribution < 1.29 is 21.6 Å². The van der Waals surface area contributed by atoms with Gasteiger partial charge in [-0.05, 0) is 75.7 Å². The summed E-state index contributed by atoms with van der Waals surface area (Å²) < 4.78 is 65.7. The molecular formula is C21H32F3NO2S. The zero-order valence-electron chi connectivity index (χ0n) is 17.2. The summed E-state index contributed by atoms with van der Waals surface area (Å²) >= 11 is 0. The normalized spacial score (nSPS) is 18.8. The molecule has 1 unspecified atom stereocenters. The third-order valence-electron chi connectivity index (χ3n) is 5.85. The Kier molecular flexibility index (Phi) is 7.59. The van der Waals surface area contributed by atoms with Crippen LogP contribution >= 0.6 is 0 Å². The van der Waals surface area contributed by atoms with Gasteiger partial charge in [-0.25, -0.2) is 8.42 Å². The molecule has 1 saturated heterocycles. The van der Waals surface area contributed by atoms with E-state index in [4.69, 9.17) is 0 Å². The van der Waals surface area contributed by atoms with Crippen LogP contribution < -0.4 is 0 Å². The van der Waals surface area contributed by atoms with Gasteiger partial charge in [0, 0.05) is 6.54 Å². The molecule has 0 aromatic heterocycles. The lowest BCUT2D eigenvalue weighted by Crippen LogP contribution is -2.42. The van der Waals surface area contributed by atoms with Gasteiger partial charge < -0.3 is 4.90 Å². The highest BCUT2D eigenvalue weighted by molar-refractivity contribution is 7.92. The number of sulfone groups is 1. The summed E-state index contributed by atoms with van der Waals surface area (Å²) in [7, 11) is -3.50. The van der Waals surface area contributed by atoms with E-state index < -0.39 is 27.2 Å². The van der Waals surface area contributed by atoms with Crippen molar-refractivity contribution in [3.05, 3.63) is 29.8 Å². The number of alkyl halides is 3. The van der Waals surface area contributed by atoms with Crippen molar-refractivity contribution in [2.45, 2.75) is 63.3 Å². The summed E-state index contributed by atoms with van der Waals surface area (Å²) in [5.74, 6) is -0.357. The average Bonchev–Trinajstić information content (AvgIpc) is 2.61. The minimum absolute atomic E-state index is 0.0323. The molecule has 0 aliphatic carbocycles. The molecule has 0 N–H and O–H groups in total. The molecule has 0 amide bonds. The Morgan fingerprint density at radius 1 is 1.11 bits per heavy atom. The predicted molar refractivity (Wildman–Crippen MR) is 106 cm³/mol. The van der Waals surface area contributed by atoms with Crippen LogP contribution in [0.4, 0.5) is 13.2 Å². The first-order valence-corrected chi connectivity index (χ1v) is 11.6. The monoisotopic (exact) mass is 419 g/mol. The van der Waals surface area contributed by atoms with E-state index in [0.717, 1.165) is 12.8 Å². The molecule has 0 saturated carbocycles. The van der Waals surface area contributed by atoms with E-state index >= 15 is 0 Å². The topological polar surface area (TPSA) is 37.4 Å². The Morgan fingerprint density at radius 3 is 2.21 bits per heavy atom. The highest BCUT2D eigenvalue weighted by Crippen LogP contribution is 2.32. The first kappa shape index (κ1) is 23.2. The molecule has 7 heteroatoms. The van der Waals surface area contributed by atoms with Gasteiger partial charge in [-0.1, -0.05) is 26.0 Å². The zero-order chi connectivity index (χ0) is 21.1. The van der Waals surface area contributed by atoms with Crippen molar-refractivity contribution in [1.29, 1.82) is 0 Å². The summed E-state index contributed by atoms with van der Waals surface area (Å²) in [6, 6.07) is 5.98. The van der Waals surface area contributed by atoms with Gasteiger partial charge in [0.2, 0.25) is 0 Å². The van der Waals surface area contributed by atoms with Crippen LogP contribution in [0.3, 0.4) is 0 Å². The molecule has 1 aromatic carbocycles. The minimum atomic E-state index is -4.32. The van der Waals surface area contributed by atoms with Crippen LogP contribution in [0.1, 0.15) is 46.1 Å². The van der Waals surface area contributed by atoms with Crippen LogP contribution in [0.2, 0.25) is 0 Å². The molecule has 2 rings (SSSR count). The number of nitrogens with zero attached hydrogens (tertiary/aromatic N) is 1. The van der Waals surface area contributed by atoms with E-state index in [0.29, 0.717) is 30.5 Å². The third kappa shape index (κ3) is 5.96. The first-order chi connectivity index (χ1) is 12.9. The highest BCUT2D eigenvalue weighted by atomic mass is 32.2. The molecule has 28 heavy (non-hydrogen) atoms. The van der Waals surface area contributed by atoms with Crippen molar-refractivity contribution in [3.8, 4) is 0 Å². The van der Waals surface area contributed by atoms with Crippen molar-refractivity contribution in [2.75, 3.05) is 19.6 Å². The molecule has 1 heterocycles. The van der Waals surface area contributed by atoms with Crippen LogP contribution in [0.25, 0.3) is 0 Å². The van der Waals surface area contributed by atoms with Gasteiger partial charge in [0.25, 0.3) is 0 Å². The van der Waals surface area contributed by atoms with Crippen LogP contribution in [0, 0.1) is 17.8 Å². The molecular weight excluding hydrogens is 387 g/mol. The zero-order valence-corrected chi connectivity index (χ0v) is 18.0. The fourth-order valence-corrected chi connectivity index (χ4v) is 4.93. The van der Waals surface area contributed by atoms with Crippen molar-refractivity contribution in [1.82, 2.24) is 4.90 Å². The highest BCUT2D eigenvalue weighted by Gasteiger charge is 2.41. The lowest BCUT2D eigenvalue weighted by atomic mass is 9.86. The summed E-state index contributed by atoms with van der Waals surface area (Å²) in [5, 5.41) is -0.608. The number of rotatable bonds is 7. The molecule has 3 nitrogen and oxygen atoms in total. The van der Waals surface area contributed by atoms with Crippen LogP contribution in [0.5, 0.6) is 0 Å². The molecule has 1 aliphatic heterocycles. The van der Waals surface area contributed by atoms with Gasteiger partial charge in [-0.2, -0.15) is 13.2 Å². The van der Waals surface area contributed by atoms with E-state index in [1.165, 1.54) is 18.2 Å². The third-order valence-corrected chi connectivity index (χ3v) is 8.00. The first-order valence-electron chi connectivity index (χ1n) is 10.0. The summed E-state index contributed by atoms with van der Waals surface area (Å²) in [4.78, 5) is 2.00. The van der Waals surface area contributed by atoms with Gasteiger partial charge in [0.15, 0.2) is 9.84 Å². The van der Waals surface area contributed by atoms with E-state index in [-0.39, 0.29) is 17.9 Å². The number of halogens is 3. The Labute approximate surface area is 167 Å². The lowest BCUT2D eigenvalue weighted by Gasteiger charge is -2.36. The number of piperidine rings is 1. The van der Waals surface area contributed by atoms with E-state index in [9.17, 15) is 21.6 Å². The predicted octanol–water partition coefficient (Wildman–Crippen LogP) is 4.96. The number of benzene rings is 1. The average molecular weight is 420 g/mol. The van der Waals surface area contributed by atoms with E-state index in [1.54, 1.807) is 19.9 Å². The molecule has 1 fully saturated rings. The maximum Gasteiger partial charge on any atom is 0.393 e. The standard InChI is InChI=1S/C21H32F3NO2S/c1-15(2)18-8-10-25(11-9-18)14-19(21(22,23)24)12-17-6-5-7-20(13-17)28(26,27)16(3)4/h5-7,13,15-16,18-19H,8-12,14H2,1-4H3. The maximum atomic E-state index is 13.7. The maximum absolute atomic E-state index is 13.7. The summed E-state index contributed by atoms with van der Waals surface area (Å²) in [6.07, 6.45) is -2.65. The lowest BCUT2D eigenvalue weighted by molar-refractivity contribution is -0.179. The fourth-order valence-electron chi connectivity index (χ4n) is 3.80. The number of likely N-dealkylation sites (tertiary alicyclic amines) is 1. The van der Waals surface area contributed by atoms with Crippen molar-refractivity contribution in [2.24, 2.45) is 17.8 Å². The largest absolute Gasteiger partial charge is 0.393 e. The molecule has 0 radical (unpaired) electrons. The second-order valence-corrected chi connectivity index (χ2v) is 11.1. The van der Waals surface area contributed by atoms with Gasteiger partial charge in [0.1, 0.15) is 0 Å². The van der Waals surface area contributed by atoms with Gasteiger partial charge in [-0.15, -0.1) is 0 Å². The SMILES string of the molecule is CC(C)C1CCN(CC(Cc2cccc(S(=O)(=O)C(C)C)c2)C(F)(F)F)CC1. The molecule has 160 valence electrons. The van der Waals surface area contributed by atoms with Gasteiger partial charge in [0.05, 0.1) is 16.1 Å². The second-order valence-electron chi connectivity index (χ2n) is 8.57. The molecule has 0 bridgehead atoms. The Morgan fingerprint density at radius 2 is 1.71 bits per heavy atom. The molecule has 1 aromatic rings. The van der Waals surface area contributed by atoms with Crippen molar-refractivity contribution >= 4 is 9.84 Å². The fraction of sp³-hybridized carbons (Fsp3) is 0.714. The van der Waals surface area contributed by atoms with E-state index in [1.807, 2.05) is 4.90 Å². The quantitative estimate of drug-likeness (QED) is 0.627. The summed E-state index contributed by atoms with van der Waals surface area (Å²) in [6.45, 7) is 8.82. The van der Waals surface area contributed by atoms with Crippen molar-refractivity contribution in [3.63, 3.8) is 0 Å². The Balaban J connectivity index is 2.12. The molecule has 0 spiro atoms. The van der Waals surface area contributed by atoms with Crippen LogP contribution in [-0.4, -0.2) is 44.4 Å². The van der Waals surface area contributed by atoms with Crippen LogP contribution in [-0.2, 0) is 16.3 Å². The Hall–Kier alpha value is -1.08. The van der Waals surface area contributed by atoms with E-state index in [2.05, 4.69) is 13.8 Å².